The van der Waals surface area contributed by atoms with Gasteiger partial charge in [0, 0.05) is 118 Å². The lowest BCUT2D eigenvalue weighted by Crippen LogP contribution is -2.37. The minimum atomic E-state index is -3.94. The van der Waals surface area contributed by atoms with Crippen LogP contribution in [0.1, 0.15) is 82.4 Å². The van der Waals surface area contributed by atoms with E-state index in [9.17, 15) is 56.5 Å². The predicted molar refractivity (Wildman–Crippen MR) is 444 cm³/mol. The number of fused-ring (bicyclic) bond motifs is 4. The van der Waals surface area contributed by atoms with Crippen LogP contribution >= 0.6 is 11.6 Å². The number of anilines is 8. The number of nitrogens with one attached hydrogen (secondary N) is 4. The summed E-state index contributed by atoms with van der Waals surface area (Å²) in [6.45, 7) is 1.83. The van der Waals surface area contributed by atoms with Gasteiger partial charge in [-0.05, 0) is 239 Å². The number of halogens is 1. The van der Waals surface area contributed by atoms with E-state index >= 15 is 0 Å². The van der Waals surface area contributed by atoms with E-state index in [-0.39, 0.29) is 45.6 Å². The molecule has 4 aliphatic rings. The Morgan fingerprint density at radius 1 is 0.386 bits per heavy atom. The Labute approximate surface area is 663 Å². The maximum absolute atomic E-state index is 13.1. The predicted octanol–water partition coefficient (Wildman–Crippen LogP) is 14.7. The molecule has 17 rings (SSSR count). The lowest BCUT2D eigenvalue weighted by Gasteiger charge is -2.28. The summed E-state index contributed by atoms with van der Waals surface area (Å²) in [4.78, 5) is 54.4. The first-order valence-electron chi connectivity index (χ1n) is 36.4. The topological polar surface area (TPSA) is 361 Å². The molecule has 5 aromatic heterocycles. The molecule has 4 saturated heterocycles. The summed E-state index contributed by atoms with van der Waals surface area (Å²) in [6, 6.07) is 57.8. The molecule has 4 N–H and O–H groups in total. The van der Waals surface area contributed by atoms with E-state index < -0.39 is 50.1 Å². The second kappa shape index (κ2) is 33.9. The molecule has 13 aromatic rings. The standard InChI is InChI=1S/C24H21ClN4O4S2.C20H19N3O3S.C19H18N2O4S.C18H17N3O4S/c25-22-10-5-17(16-21(22)24-20-4-3-12-26-23(20)11-13-27-24)28-35(32,33)19-8-6-18(7-9-19)29-14-1-2-15-34(29,30)31;24-20(22-17-7-10-19-16(14-17)4-3-11-21-19)15-5-8-18(9-6-15)23-12-1-2-13-27(23,25)26;22-19(20-16-6-3-14-9-11-25-18(14)13-16)15-4-7-17(8-5-15)21-10-1-2-12-26(21,23)24;22-18(20-14-5-8-16-17(11-14)25-12-19-16)13-3-6-15(7-4-13)21-9-1-2-10-26(21,23)24/h3-13,16,28H,1-2,14-15H2;3-11,14H,1-2,12-13H2,(H,22,24);3-9,11,13H,1-2,10,12H2,(H,20,22);3-8,11-12H,1-2,9-10H2,(H,20,22). The second-order valence-corrected chi connectivity index (χ2v) is 37.2. The zero-order chi connectivity index (χ0) is 79.8. The van der Waals surface area contributed by atoms with Crippen LogP contribution < -0.4 is 37.9 Å². The van der Waals surface area contributed by atoms with E-state index in [1.54, 1.807) is 152 Å². The number of carbonyl (C=O) groups excluding carboxylic acids is 3. The van der Waals surface area contributed by atoms with Crippen molar-refractivity contribution in [3.8, 4) is 11.3 Å². The van der Waals surface area contributed by atoms with Gasteiger partial charge in [-0.15, -0.1) is 0 Å². The highest BCUT2D eigenvalue weighted by molar-refractivity contribution is 7.94. The van der Waals surface area contributed by atoms with Gasteiger partial charge in [-0.1, -0.05) is 17.7 Å². The van der Waals surface area contributed by atoms with Gasteiger partial charge in [-0.2, -0.15) is 0 Å². The average Bonchev–Trinajstić information content (AvgIpc) is 0.855. The minimum Gasteiger partial charge on any atom is -0.464 e. The van der Waals surface area contributed by atoms with E-state index in [1.807, 2.05) is 54.6 Å². The van der Waals surface area contributed by atoms with Crippen molar-refractivity contribution < 1.29 is 65.3 Å². The Kier molecular flexibility index (Phi) is 23.4. The van der Waals surface area contributed by atoms with Crippen molar-refractivity contribution in [1.82, 2.24) is 19.9 Å². The normalized spacial score (nSPS) is 16.2. The fraction of sp³-hybridized carbons (Fsp3) is 0.198. The quantitative estimate of drug-likeness (QED) is 0.0785. The second-order valence-electron chi connectivity index (χ2n) is 27.0. The molecule has 8 aromatic carbocycles. The number of pyridine rings is 3. The zero-order valence-corrected chi connectivity index (χ0v) is 65.8. The van der Waals surface area contributed by atoms with Gasteiger partial charge < -0.3 is 24.8 Å². The maximum atomic E-state index is 13.1. The molecule has 0 unspecified atom stereocenters. The van der Waals surface area contributed by atoms with Crippen molar-refractivity contribution in [2.24, 2.45) is 0 Å². The fourth-order valence-corrected chi connectivity index (χ4v) is 21.2. The summed E-state index contributed by atoms with van der Waals surface area (Å²) >= 11 is 6.44. The van der Waals surface area contributed by atoms with Crippen LogP contribution in [-0.4, -0.2) is 129 Å². The first-order valence-corrected chi connectivity index (χ1v) is 44.7. The van der Waals surface area contributed by atoms with E-state index in [2.05, 4.69) is 40.6 Å². The van der Waals surface area contributed by atoms with E-state index in [4.69, 9.17) is 20.4 Å². The van der Waals surface area contributed by atoms with Gasteiger partial charge in [-0.25, -0.2) is 47.1 Å². The van der Waals surface area contributed by atoms with Crippen molar-refractivity contribution >= 4 is 169 Å². The maximum Gasteiger partial charge on any atom is 0.261 e. The highest BCUT2D eigenvalue weighted by atomic mass is 35.5. The van der Waals surface area contributed by atoms with Crippen molar-refractivity contribution in [2.75, 3.05) is 87.1 Å². The summed E-state index contributed by atoms with van der Waals surface area (Å²) in [5.41, 5.74) is 10.6. The third-order valence-corrected chi connectivity index (χ3v) is 28.5. The minimum absolute atomic E-state index is 0.0136. The molecular weight excluding hydrogens is 1580 g/mol. The molecule has 586 valence electrons. The summed E-state index contributed by atoms with van der Waals surface area (Å²) < 4.78 is 143. The number of aromatic nitrogens is 4. The SMILES string of the molecule is O=C(Nc1ccc2ccoc2c1)c1ccc(N2CCCCS2(=O)=O)cc1.O=C(Nc1ccc2ncccc2c1)c1ccc(N2CCCCS2(=O)=O)cc1.O=C(Nc1ccc2ncoc2c1)c1ccc(N2CCCCS2(=O)=O)cc1.O=S(=O)(Nc1ccc(Cl)c(-c2nccc3ncccc23)c1)c1ccc(N2CCCCS2(=O)=O)cc1. The smallest absolute Gasteiger partial charge is 0.261 e. The Bertz CT molecular complexity index is 6190. The van der Waals surface area contributed by atoms with Crippen LogP contribution in [0.5, 0.6) is 0 Å². The highest BCUT2D eigenvalue weighted by Crippen LogP contribution is 2.36. The third kappa shape index (κ3) is 18.4. The Morgan fingerprint density at radius 3 is 1.32 bits per heavy atom. The third-order valence-electron chi connectivity index (χ3n) is 19.3. The number of benzene rings is 8. The largest absolute Gasteiger partial charge is 0.464 e. The van der Waals surface area contributed by atoms with Crippen molar-refractivity contribution in [1.29, 1.82) is 0 Å². The van der Waals surface area contributed by atoms with Gasteiger partial charge in [0.15, 0.2) is 12.0 Å². The number of oxazole rings is 1. The number of sulfonamides is 5. The lowest BCUT2D eigenvalue weighted by molar-refractivity contribution is 0.101. The molecule has 0 aliphatic carbocycles. The molecule has 9 heterocycles. The molecule has 27 nitrogen and oxygen atoms in total. The number of furan rings is 1. The van der Waals surface area contributed by atoms with Crippen LogP contribution in [0.4, 0.5) is 45.5 Å². The highest BCUT2D eigenvalue weighted by Gasteiger charge is 2.31. The van der Waals surface area contributed by atoms with Crippen LogP contribution in [0.25, 0.3) is 55.1 Å². The monoisotopic (exact) mass is 1650 g/mol. The van der Waals surface area contributed by atoms with Crippen LogP contribution in [0.3, 0.4) is 0 Å². The van der Waals surface area contributed by atoms with Gasteiger partial charge in [0.2, 0.25) is 40.1 Å². The van der Waals surface area contributed by atoms with Crippen molar-refractivity contribution in [3.63, 3.8) is 0 Å². The number of amides is 3. The van der Waals surface area contributed by atoms with Crippen LogP contribution in [-0.2, 0) is 50.1 Å². The van der Waals surface area contributed by atoms with Crippen molar-refractivity contribution in [2.45, 2.75) is 56.3 Å². The van der Waals surface area contributed by atoms with Gasteiger partial charge in [0.25, 0.3) is 27.7 Å². The lowest BCUT2D eigenvalue weighted by atomic mass is 10.1. The molecular formula is C81H75ClN12O15S5. The molecule has 0 radical (unpaired) electrons. The first kappa shape index (κ1) is 78.9. The van der Waals surface area contributed by atoms with Gasteiger partial charge in [-0.3, -0.25) is 51.3 Å². The number of carbonyl (C=O) groups is 3. The summed E-state index contributed by atoms with van der Waals surface area (Å²) in [5.74, 6) is -0.183. The molecule has 4 aliphatic heterocycles. The molecule has 4 fully saturated rings. The number of rotatable bonds is 14. The van der Waals surface area contributed by atoms with Crippen molar-refractivity contribution in [3.05, 3.63) is 259 Å². The van der Waals surface area contributed by atoms with Gasteiger partial charge in [0.05, 0.1) is 78.7 Å². The summed E-state index contributed by atoms with van der Waals surface area (Å²) in [5, 5.41) is 11.6. The average molecular weight is 1650 g/mol. The van der Waals surface area contributed by atoms with E-state index in [0.29, 0.717) is 141 Å². The zero-order valence-electron chi connectivity index (χ0n) is 61.0. The van der Waals surface area contributed by atoms with Crippen LogP contribution in [0, 0.1) is 0 Å². The van der Waals surface area contributed by atoms with E-state index in [0.717, 1.165) is 58.4 Å². The number of hydrogen-bond donors (Lipinski definition) is 4. The molecule has 3 amide bonds. The molecule has 33 heteroatoms. The molecule has 0 bridgehead atoms. The fourth-order valence-electron chi connectivity index (χ4n) is 13.4. The Balaban J connectivity index is 0.000000127. The molecule has 0 spiro atoms. The first-order chi connectivity index (χ1) is 54.8. The Hall–Kier alpha value is -11.8. The summed E-state index contributed by atoms with van der Waals surface area (Å²) in [7, 11) is -17.1. The van der Waals surface area contributed by atoms with Crippen LogP contribution in [0.15, 0.2) is 251 Å². The number of nitrogens with zero attached hydrogens (tertiary/aromatic N) is 8. The van der Waals surface area contributed by atoms with Gasteiger partial charge in [0.1, 0.15) is 11.1 Å². The molecule has 0 saturated carbocycles. The van der Waals surface area contributed by atoms with E-state index in [1.165, 1.54) is 47.9 Å². The van der Waals surface area contributed by atoms with Crippen LogP contribution in [0.2, 0.25) is 5.02 Å². The summed E-state index contributed by atoms with van der Waals surface area (Å²) in [6.07, 6.45) is 14.0. The molecule has 114 heavy (non-hydrogen) atoms. The Morgan fingerprint density at radius 2 is 0.825 bits per heavy atom. The van der Waals surface area contributed by atoms with Gasteiger partial charge >= 0.3 is 0 Å². The molecule has 0 atom stereocenters. The number of hydrogen-bond acceptors (Lipinski definition) is 19.